The van der Waals surface area contributed by atoms with Gasteiger partial charge in [-0.15, -0.1) is 0 Å². The van der Waals surface area contributed by atoms with Crippen LogP contribution in [0.1, 0.15) is 25.8 Å². The van der Waals surface area contributed by atoms with Gasteiger partial charge in [-0.2, -0.15) is 13.2 Å². The summed E-state index contributed by atoms with van der Waals surface area (Å²) in [6, 6.07) is 3.87. The largest absolute Gasteiger partial charge is 0.455 e. The van der Waals surface area contributed by atoms with Crippen LogP contribution in [0, 0.1) is 5.92 Å². The number of alkyl halides is 3. The summed E-state index contributed by atoms with van der Waals surface area (Å²) in [6.07, 6.45) is -4.42. The summed E-state index contributed by atoms with van der Waals surface area (Å²) in [7, 11) is 0. The molecule has 1 aliphatic heterocycles. The van der Waals surface area contributed by atoms with E-state index in [0.29, 0.717) is 0 Å². The SMILES string of the molecule is CC(C)N1CC(C(=O)OCC(=O)Nc2ccc(C(F)(F)F)cc2)CC1=O. The number of esters is 1. The molecule has 2 amide bonds. The van der Waals surface area contributed by atoms with Gasteiger partial charge in [0, 0.05) is 24.7 Å². The first-order chi connectivity index (χ1) is 12.1. The minimum absolute atomic E-state index is 0.0248. The number of hydrogen-bond acceptors (Lipinski definition) is 4. The number of nitrogens with one attached hydrogen (secondary N) is 1. The van der Waals surface area contributed by atoms with E-state index in [9.17, 15) is 27.6 Å². The van der Waals surface area contributed by atoms with E-state index in [0.717, 1.165) is 24.3 Å². The standard InChI is InChI=1S/C17H19F3N2O4/c1-10(2)22-8-11(7-15(22)24)16(25)26-9-14(23)21-13-5-3-12(4-6-13)17(18,19)20/h3-6,10-11H,7-9H2,1-2H3,(H,21,23). The molecule has 1 fully saturated rings. The maximum Gasteiger partial charge on any atom is 0.416 e. The first-order valence-electron chi connectivity index (χ1n) is 8.01. The molecule has 0 saturated carbocycles. The fourth-order valence-electron chi connectivity index (χ4n) is 2.58. The Morgan fingerprint density at radius 3 is 2.38 bits per heavy atom. The van der Waals surface area contributed by atoms with E-state index in [1.165, 1.54) is 0 Å². The van der Waals surface area contributed by atoms with Crippen LogP contribution in [0.5, 0.6) is 0 Å². The van der Waals surface area contributed by atoms with E-state index < -0.39 is 36.1 Å². The lowest BCUT2D eigenvalue weighted by Crippen LogP contribution is -2.33. The smallest absolute Gasteiger partial charge is 0.416 e. The number of rotatable bonds is 5. The van der Waals surface area contributed by atoms with Gasteiger partial charge >= 0.3 is 12.1 Å². The van der Waals surface area contributed by atoms with Crippen LogP contribution in [0.4, 0.5) is 18.9 Å². The van der Waals surface area contributed by atoms with Crippen LogP contribution >= 0.6 is 0 Å². The highest BCUT2D eigenvalue weighted by molar-refractivity contribution is 5.93. The maximum absolute atomic E-state index is 12.5. The van der Waals surface area contributed by atoms with E-state index in [1.54, 1.807) is 4.90 Å². The zero-order valence-electron chi connectivity index (χ0n) is 14.3. The van der Waals surface area contributed by atoms with Crippen molar-refractivity contribution in [3.05, 3.63) is 29.8 Å². The Kier molecular flexibility index (Phi) is 5.89. The van der Waals surface area contributed by atoms with Crippen molar-refractivity contribution in [1.29, 1.82) is 0 Å². The van der Waals surface area contributed by atoms with E-state index >= 15 is 0 Å². The fraction of sp³-hybridized carbons (Fsp3) is 0.471. The molecule has 1 atom stereocenters. The van der Waals surface area contributed by atoms with Gasteiger partial charge in [-0.05, 0) is 38.1 Å². The van der Waals surface area contributed by atoms with Gasteiger partial charge in [0.2, 0.25) is 5.91 Å². The highest BCUT2D eigenvalue weighted by atomic mass is 19.4. The Morgan fingerprint density at radius 2 is 1.88 bits per heavy atom. The van der Waals surface area contributed by atoms with Crippen LogP contribution in [-0.4, -0.2) is 41.9 Å². The molecule has 0 aliphatic carbocycles. The van der Waals surface area contributed by atoms with E-state index in [4.69, 9.17) is 4.74 Å². The molecule has 2 rings (SSSR count). The van der Waals surface area contributed by atoms with Crippen molar-refractivity contribution >= 4 is 23.5 Å². The molecule has 1 N–H and O–H groups in total. The van der Waals surface area contributed by atoms with Crippen molar-refractivity contribution in [3.8, 4) is 0 Å². The van der Waals surface area contributed by atoms with Gasteiger partial charge in [0.1, 0.15) is 0 Å². The molecule has 1 unspecified atom stereocenters. The molecule has 0 aromatic heterocycles. The number of likely N-dealkylation sites (tertiary alicyclic amines) is 1. The lowest BCUT2D eigenvalue weighted by Gasteiger charge is -2.20. The second kappa shape index (κ2) is 7.76. The number of benzene rings is 1. The molecule has 0 spiro atoms. The predicted molar refractivity (Wildman–Crippen MR) is 86.0 cm³/mol. The number of anilines is 1. The van der Waals surface area contributed by atoms with Crippen LogP contribution in [0.25, 0.3) is 0 Å². The molecular weight excluding hydrogens is 353 g/mol. The molecule has 0 bridgehead atoms. The highest BCUT2D eigenvalue weighted by Gasteiger charge is 2.36. The van der Waals surface area contributed by atoms with Crippen LogP contribution in [0.15, 0.2) is 24.3 Å². The molecule has 26 heavy (non-hydrogen) atoms. The summed E-state index contributed by atoms with van der Waals surface area (Å²) in [5.74, 6) is -2.09. The Labute approximate surface area is 148 Å². The van der Waals surface area contributed by atoms with Gasteiger partial charge in [0.15, 0.2) is 6.61 Å². The summed E-state index contributed by atoms with van der Waals surface area (Å²) >= 11 is 0. The molecule has 1 aliphatic rings. The molecule has 1 heterocycles. The van der Waals surface area contributed by atoms with Gasteiger partial charge in [-0.3, -0.25) is 14.4 Å². The second-order valence-corrected chi connectivity index (χ2v) is 6.27. The molecule has 0 radical (unpaired) electrons. The maximum atomic E-state index is 12.5. The van der Waals surface area contributed by atoms with Crippen LogP contribution in [0.3, 0.4) is 0 Å². The van der Waals surface area contributed by atoms with Crippen LogP contribution in [-0.2, 0) is 25.3 Å². The highest BCUT2D eigenvalue weighted by Crippen LogP contribution is 2.29. The van der Waals surface area contributed by atoms with E-state index in [2.05, 4.69) is 5.32 Å². The molecule has 1 aromatic rings. The molecule has 9 heteroatoms. The number of halogens is 3. The van der Waals surface area contributed by atoms with E-state index in [-0.39, 0.29) is 30.6 Å². The van der Waals surface area contributed by atoms with Crippen molar-refractivity contribution in [3.63, 3.8) is 0 Å². The number of nitrogens with zero attached hydrogens (tertiary/aromatic N) is 1. The summed E-state index contributed by atoms with van der Waals surface area (Å²) in [4.78, 5) is 37.1. The third-order valence-corrected chi connectivity index (χ3v) is 3.96. The van der Waals surface area contributed by atoms with Gasteiger partial charge in [-0.25, -0.2) is 0 Å². The molecular formula is C17H19F3N2O4. The third kappa shape index (κ3) is 4.96. The normalized spacial score (nSPS) is 17.5. The molecule has 6 nitrogen and oxygen atoms in total. The Balaban J connectivity index is 1.82. The average molecular weight is 372 g/mol. The topological polar surface area (TPSA) is 75.7 Å². The summed E-state index contributed by atoms with van der Waals surface area (Å²) < 4.78 is 42.3. The Bertz CT molecular complexity index is 686. The lowest BCUT2D eigenvalue weighted by atomic mass is 10.1. The van der Waals surface area contributed by atoms with Crippen molar-refractivity contribution < 1.29 is 32.3 Å². The number of hydrogen-bond donors (Lipinski definition) is 1. The quantitative estimate of drug-likeness (QED) is 0.806. The lowest BCUT2D eigenvalue weighted by molar-refractivity contribution is -0.151. The third-order valence-electron chi connectivity index (χ3n) is 3.96. The van der Waals surface area contributed by atoms with Gasteiger partial charge in [-0.1, -0.05) is 0 Å². The minimum atomic E-state index is -4.46. The summed E-state index contributed by atoms with van der Waals surface area (Å²) in [6.45, 7) is 3.34. The zero-order chi connectivity index (χ0) is 19.5. The van der Waals surface area contributed by atoms with Crippen molar-refractivity contribution in [2.75, 3.05) is 18.5 Å². The number of amides is 2. The monoisotopic (exact) mass is 372 g/mol. The molecule has 142 valence electrons. The van der Waals surface area contributed by atoms with Crippen LogP contribution in [0.2, 0.25) is 0 Å². The summed E-state index contributed by atoms with van der Waals surface area (Å²) in [5.41, 5.74) is -0.677. The first-order valence-corrected chi connectivity index (χ1v) is 8.01. The van der Waals surface area contributed by atoms with Crippen molar-refractivity contribution in [2.45, 2.75) is 32.5 Å². The fourth-order valence-corrected chi connectivity index (χ4v) is 2.58. The summed E-state index contributed by atoms with van der Waals surface area (Å²) in [5, 5.41) is 2.34. The van der Waals surface area contributed by atoms with Crippen molar-refractivity contribution in [1.82, 2.24) is 4.90 Å². The van der Waals surface area contributed by atoms with Gasteiger partial charge in [0.25, 0.3) is 5.91 Å². The Morgan fingerprint density at radius 1 is 1.27 bits per heavy atom. The average Bonchev–Trinajstić information content (AvgIpc) is 2.94. The zero-order valence-corrected chi connectivity index (χ0v) is 14.3. The van der Waals surface area contributed by atoms with Crippen molar-refractivity contribution in [2.24, 2.45) is 5.92 Å². The predicted octanol–water partition coefficient (Wildman–Crippen LogP) is 2.44. The number of ether oxygens (including phenoxy) is 1. The number of carbonyl (C=O) groups excluding carboxylic acids is 3. The first kappa shape index (κ1) is 19.7. The van der Waals surface area contributed by atoms with Crippen LogP contribution < -0.4 is 5.32 Å². The Hall–Kier alpha value is -2.58. The van der Waals surface area contributed by atoms with E-state index in [1.807, 2.05) is 13.8 Å². The van der Waals surface area contributed by atoms with Gasteiger partial charge < -0.3 is 15.0 Å². The second-order valence-electron chi connectivity index (χ2n) is 6.27. The molecule has 1 saturated heterocycles. The molecule has 1 aromatic carbocycles. The number of carbonyl (C=O) groups is 3. The van der Waals surface area contributed by atoms with Gasteiger partial charge in [0.05, 0.1) is 11.5 Å². The minimum Gasteiger partial charge on any atom is -0.455 e.